The quantitative estimate of drug-likeness (QED) is 0.793. The second-order valence-corrected chi connectivity index (χ2v) is 4.06. The van der Waals surface area contributed by atoms with Crippen LogP contribution in [-0.2, 0) is 4.79 Å². The fourth-order valence-corrected chi connectivity index (χ4v) is 1.72. The first-order valence-electron chi connectivity index (χ1n) is 5.64. The second kappa shape index (κ2) is 6.37. The van der Waals surface area contributed by atoms with Crippen molar-refractivity contribution in [3.05, 3.63) is 23.9 Å². The standard InChI is InChI=1S/C12H16N4O.ClH/c1-8-5-9-7-14-16-11(9)6-10(8)15-12(17)3-2-4-13;/h5-7H,2-4,13H2,1H3,(H,14,16)(H,15,17);1H. The van der Waals surface area contributed by atoms with Crippen LogP contribution in [0.1, 0.15) is 18.4 Å². The molecule has 2 aromatic rings. The highest BCUT2D eigenvalue weighted by Crippen LogP contribution is 2.21. The zero-order chi connectivity index (χ0) is 12.3. The van der Waals surface area contributed by atoms with Crippen LogP contribution in [0.5, 0.6) is 0 Å². The molecule has 0 bridgehead atoms. The van der Waals surface area contributed by atoms with Gasteiger partial charge in [0.2, 0.25) is 5.91 Å². The number of H-pyrrole nitrogens is 1. The van der Waals surface area contributed by atoms with E-state index in [-0.39, 0.29) is 18.3 Å². The molecule has 0 saturated heterocycles. The fourth-order valence-electron chi connectivity index (χ4n) is 1.72. The molecular formula is C12H17ClN4O. The Bertz CT molecular complexity index is 538. The number of amides is 1. The van der Waals surface area contributed by atoms with Gasteiger partial charge in [-0.3, -0.25) is 9.89 Å². The third-order valence-electron chi connectivity index (χ3n) is 2.67. The Labute approximate surface area is 112 Å². The van der Waals surface area contributed by atoms with E-state index in [0.29, 0.717) is 19.4 Å². The molecule has 1 heterocycles. The number of anilines is 1. The summed E-state index contributed by atoms with van der Waals surface area (Å²) < 4.78 is 0. The first-order valence-corrected chi connectivity index (χ1v) is 5.64. The molecule has 0 unspecified atom stereocenters. The van der Waals surface area contributed by atoms with Crippen LogP contribution < -0.4 is 11.1 Å². The maximum absolute atomic E-state index is 11.6. The summed E-state index contributed by atoms with van der Waals surface area (Å²) in [5.41, 5.74) is 8.14. The molecule has 5 nitrogen and oxygen atoms in total. The average Bonchev–Trinajstić information content (AvgIpc) is 2.74. The van der Waals surface area contributed by atoms with Crippen LogP contribution in [0.3, 0.4) is 0 Å². The van der Waals surface area contributed by atoms with Crippen LogP contribution in [0.2, 0.25) is 0 Å². The topological polar surface area (TPSA) is 83.8 Å². The van der Waals surface area contributed by atoms with Crippen molar-refractivity contribution in [2.45, 2.75) is 19.8 Å². The first-order chi connectivity index (χ1) is 8.20. The smallest absolute Gasteiger partial charge is 0.224 e. The van der Waals surface area contributed by atoms with E-state index in [2.05, 4.69) is 15.5 Å². The fraction of sp³-hybridized carbons (Fsp3) is 0.333. The highest BCUT2D eigenvalue weighted by molar-refractivity contribution is 5.94. The number of fused-ring (bicyclic) bond motifs is 1. The lowest BCUT2D eigenvalue weighted by molar-refractivity contribution is -0.116. The molecule has 0 spiro atoms. The van der Waals surface area contributed by atoms with E-state index < -0.39 is 0 Å². The van der Waals surface area contributed by atoms with Crippen molar-refractivity contribution in [2.24, 2.45) is 5.73 Å². The normalized spacial score (nSPS) is 10.1. The first kappa shape index (κ1) is 14.5. The number of nitrogens with one attached hydrogen (secondary N) is 2. The van der Waals surface area contributed by atoms with Crippen molar-refractivity contribution in [1.82, 2.24) is 10.2 Å². The number of aromatic nitrogens is 2. The molecule has 0 saturated carbocycles. The molecule has 0 aliphatic heterocycles. The number of aryl methyl sites for hydroxylation is 1. The summed E-state index contributed by atoms with van der Waals surface area (Å²) in [6, 6.07) is 3.90. The van der Waals surface area contributed by atoms with Gasteiger partial charge in [0.25, 0.3) is 0 Å². The Kier molecular flexibility index (Phi) is 5.12. The molecule has 6 heteroatoms. The van der Waals surface area contributed by atoms with Gasteiger partial charge in [-0.1, -0.05) is 0 Å². The Hall–Kier alpha value is -1.59. The monoisotopic (exact) mass is 268 g/mol. The SMILES string of the molecule is Cc1cc2cn[nH]c2cc1NC(=O)CCCN.Cl. The van der Waals surface area contributed by atoms with Gasteiger partial charge in [0, 0.05) is 17.5 Å². The number of nitrogens with zero attached hydrogens (tertiary/aromatic N) is 1. The number of halogens is 1. The van der Waals surface area contributed by atoms with Gasteiger partial charge in [-0.2, -0.15) is 5.10 Å². The van der Waals surface area contributed by atoms with Gasteiger partial charge < -0.3 is 11.1 Å². The molecule has 2 rings (SSSR count). The number of nitrogens with two attached hydrogens (primary N) is 1. The van der Waals surface area contributed by atoms with E-state index in [9.17, 15) is 4.79 Å². The minimum Gasteiger partial charge on any atom is -0.330 e. The number of hydrogen-bond donors (Lipinski definition) is 3. The highest BCUT2D eigenvalue weighted by atomic mass is 35.5. The molecule has 1 aromatic heterocycles. The van der Waals surface area contributed by atoms with E-state index in [0.717, 1.165) is 22.2 Å². The second-order valence-electron chi connectivity index (χ2n) is 4.06. The van der Waals surface area contributed by atoms with E-state index in [4.69, 9.17) is 5.73 Å². The van der Waals surface area contributed by atoms with Crippen LogP contribution in [0.4, 0.5) is 5.69 Å². The van der Waals surface area contributed by atoms with E-state index in [1.54, 1.807) is 6.20 Å². The van der Waals surface area contributed by atoms with Gasteiger partial charge in [-0.25, -0.2) is 0 Å². The summed E-state index contributed by atoms with van der Waals surface area (Å²) in [6.45, 7) is 2.50. The molecule has 4 N–H and O–H groups in total. The summed E-state index contributed by atoms with van der Waals surface area (Å²) in [4.78, 5) is 11.6. The zero-order valence-electron chi connectivity index (χ0n) is 10.2. The largest absolute Gasteiger partial charge is 0.330 e. The van der Waals surface area contributed by atoms with Crippen LogP contribution in [0, 0.1) is 6.92 Å². The Balaban J connectivity index is 0.00000162. The van der Waals surface area contributed by atoms with Crippen molar-refractivity contribution in [3.63, 3.8) is 0 Å². The number of carbonyl (C=O) groups excluding carboxylic acids is 1. The van der Waals surface area contributed by atoms with Crippen molar-refractivity contribution in [3.8, 4) is 0 Å². The summed E-state index contributed by atoms with van der Waals surface area (Å²) in [5.74, 6) is -0.00239. The summed E-state index contributed by atoms with van der Waals surface area (Å²) >= 11 is 0. The molecule has 98 valence electrons. The number of aromatic amines is 1. The van der Waals surface area contributed by atoms with Crippen LogP contribution >= 0.6 is 12.4 Å². The number of carbonyl (C=O) groups is 1. The molecule has 0 aliphatic carbocycles. The molecule has 0 radical (unpaired) electrons. The van der Waals surface area contributed by atoms with E-state index in [1.807, 2.05) is 19.1 Å². The van der Waals surface area contributed by atoms with Crippen molar-refractivity contribution < 1.29 is 4.79 Å². The van der Waals surface area contributed by atoms with E-state index >= 15 is 0 Å². The molecule has 0 atom stereocenters. The predicted molar refractivity (Wildman–Crippen MR) is 75.0 cm³/mol. The molecule has 18 heavy (non-hydrogen) atoms. The van der Waals surface area contributed by atoms with Gasteiger partial charge in [0.05, 0.1) is 11.7 Å². The minimum absolute atomic E-state index is 0. The maximum Gasteiger partial charge on any atom is 0.224 e. The van der Waals surface area contributed by atoms with Gasteiger partial charge in [0.15, 0.2) is 0 Å². The maximum atomic E-state index is 11.6. The number of hydrogen-bond acceptors (Lipinski definition) is 3. The molecule has 1 aromatic carbocycles. The Morgan fingerprint density at radius 1 is 1.50 bits per heavy atom. The minimum atomic E-state index is -0.00239. The molecule has 0 fully saturated rings. The van der Waals surface area contributed by atoms with Crippen molar-refractivity contribution in [2.75, 3.05) is 11.9 Å². The van der Waals surface area contributed by atoms with Crippen LogP contribution in [-0.4, -0.2) is 22.6 Å². The van der Waals surface area contributed by atoms with Gasteiger partial charge >= 0.3 is 0 Å². The zero-order valence-corrected chi connectivity index (χ0v) is 11.0. The third-order valence-corrected chi connectivity index (χ3v) is 2.67. The van der Waals surface area contributed by atoms with Gasteiger partial charge in [-0.15, -0.1) is 12.4 Å². The summed E-state index contributed by atoms with van der Waals surface area (Å²) in [5, 5.41) is 10.8. The lowest BCUT2D eigenvalue weighted by Gasteiger charge is -2.08. The number of benzene rings is 1. The van der Waals surface area contributed by atoms with Crippen molar-refractivity contribution in [1.29, 1.82) is 0 Å². The average molecular weight is 269 g/mol. The molecule has 1 amide bonds. The van der Waals surface area contributed by atoms with Crippen molar-refractivity contribution >= 4 is 34.9 Å². The third kappa shape index (κ3) is 3.21. The Morgan fingerprint density at radius 3 is 3.00 bits per heavy atom. The number of rotatable bonds is 4. The molecular weight excluding hydrogens is 252 g/mol. The van der Waals surface area contributed by atoms with Crippen LogP contribution in [0.15, 0.2) is 18.3 Å². The summed E-state index contributed by atoms with van der Waals surface area (Å²) in [6.07, 6.45) is 2.93. The Morgan fingerprint density at radius 2 is 2.28 bits per heavy atom. The molecule has 0 aliphatic rings. The van der Waals surface area contributed by atoms with Gasteiger partial charge in [-0.05, 0) is 37.6 Å². The predicted octanol–water partition coefficient (Wildman–Crippen LogP) is 1.97. The highest BCUT2D eigenvalue weighted by Gasteiger charge is 2.06. The van der Waals surface area contributed by atoms with Gasteiger partial charge in [0.1, 0.15) is 0 Å². The lowest BCUT2D eigenvalue weighted by Crippen LogP contribution is -2.14. The summed E-state index contributed by atoms with van der Waals surface area (Å²) in [7, 11) is 0. The van der Waals surface area contributed by atoms with E-state index in [1.165, 1.54) is 0 Å². The van der Waals surface area contributed by atoms with Crippen LogP contribution in [0.25, 0.3) is 10.9 Å². The lowest BCUT2D eigenvalue weighted by atomic mass is 10.1.